The van der Waals surface area contributed by atoms with E-state index in [1.54, 1.807) is 17.6 Å². The molecule has 0 bridgehead atoms. The Labute approximate surface area is 221 Å². The summed E-state index contributed by atoms with van der Waals surface area (Å²) in [5.41, 5.74) is 0.923. The predicted octanol–water partition coefficient (Wildman–Crippen LogP) is 2.94. The smallest absolute Gasteiger partial charge is 0.279 e. The maximum Gasteiger partial charge on any atom is 0.279 e. The van der Waals surface area contributed by atoms with E-state index in [1.807, 2.05) is 13.8 Å². The number of amides is 1. The summed E-state index contributed by atoms with van der Waals surface area (Å²) in [6.45, 7) is 7.76. The van der Waals surface area contributed by atoms with Gasteiger partial charge in [0.15, 0.2) is 4.80 Å². The Balaban J connectivity index is 1.98. The van der Waals surface area contributed by atoms with Crippen LogP contribution in [0.15, 0.2) is 57.2 Å². The van der Waals surface area contributed by atoms with Crippen molar-refractivity contribution in [2.45, 2.75) is 49.9 Å². The van der Waals surface area contributed by atoms with Gasteiger partial charge in [-0.2, -0.15) is 9.30 Å². The molecule has 2 aromatic carbocycles. The number of ether oxygens (including phenoxy) is 1. The van der Waals surface area contributed by atoms with Crippen LogP contribution in [0.1, 0.15) is 44.0 Å². The summed E-state index contributed by atoms with van der Waals surface area (Å²) in [4.78, 5) is 17.7. The molecule has 0 radical (unpaired) electrons. The molecule has 0 aliphatic carbocycles. The third-order valence-electron chi connectivity index (χ3n) is 5.70. The number of unbranched alkanes of at least 4 members (excludes halogenated alkanes) is 1. The van der Waals surface area contributed by atoms with E-state index in [-0.39, 0.29) is 15.4 Å². The van der Waals surface area contributed by atoms with Crippen molar-refractivity contribution < 1.29 is 26.4 Å². The number of hydrogen-bond donors (Lipinski definition) is 1. The van der Waals surface area contributed by atoms with Crippen LogP contribution in [0.3, 0.4) is 0 Å². The average Bonchev–Trinajstić information content (AvgIpc) is 3.20. The van der Waals surface area contributed by atoms with E-state index >= 15 is 0 Å². The molecule has 0 saturated carbocycles. The van der Waals surface area contributed by atoms with E-state index in [1.165, 1.54) is 40.7 Å². The lowest BCUT2D eigenvalue weighted by atomic mass is 10.2. The van der Waals surface area contributed by atoms with Gasteiger partial charge in [0.25, 0.3) is 5.91 Å². The van der Waals surface area contributed by atoms with Gasteiger partial charge in [-0.3, -0.25) is 4.79 Å². The molecule has 0 unspecified atom stereocenters. The molecule has 3 rings (SSSR count). The minimum Gasteiger partial charge on any atom is -0.380 e. The van der Waals surface area contributed by atoms with E-state index in [2.05, 4.69) is 4.99 Å². The van der Waals surface area contributed by atoms with Crippen molar-refractivity contribution in [3.05, 3.63) is 52.8 Å². The number of carbonyl (C=O) groups excluding carboxylic acids is 1. The number of thiazole rings is 1. The molecule has 13 heteroatoms. The highest BCUT2D eigenvalue weighted by atomic mass is 32.2. The van der Waals surface area contributed by atoms with Crippen LogP contribution < -0.4 is 9.94 Å². The van der Waals surface area contributed by atoms with Crippen LogP contribution in [-0.2, 0) is 31.3 Å². The highest BCUT2D eigenvalue weighted by molar-refractivity contribution is 7.89. The largest absolute Gasteiger partial charge is 0.380 e. The molecule has 0 atom stereocenters. The topological polar surface area (TPSA) is 141 Å². The van der Waals surface area contributed by atoms with Crippen LogP contribution in [0.25, 0.3) is 10.2 Å². The number of fused-ring (bicyclic) bond motifs is 1. The van der Waals surface area contributed by atoms with Gasteiger partial charge >= 0.3 is 0 Å². The number of nitrogens with zero attached hydrogens (tertiary/aromatic N) is 3. The summed E-state index contributed by atoms with van der Waals surface area (Å²) < 4.78 is 58.8. The maximum absolute atomic E-state index is 13.0. The maximum atomic E-state index is 13.0. The minimum absolute atomic E-state index is 0.0343. The zero-order valence-electron chi connectivity index (χ0n) is 21.1. The molecule has 37 heavy (non-hydrogen) atoms. The van der Waals surface area contributed by atoms with Gasteiger partial charge in [0.2, 0.25) is 20.0 Å². The fourth-order valence-electron chi connectivity index (χ4n) is 3.68. The van der Waals surface area contributed by atoms with Crippen LogP contribution in [0.2, 0.25) is 0 Å². The van der Waals surface area contributed by atoms with Gasteiger partial charge in [-0.1, -0.05) is 31.6 Å². The lowest BCUT2D eigenvalue weighted by molar-refractivity contribution is 0.0996. The lowest BCUT2D eigenvalue weighted by Crippen LogP contribution is -2.31. The van der Waals surface area contributed by atoms with Crippen molar-refractivity contribution in [2.75, 3.05) is 26.3 Å². The number of aromatic nitrogens is 1. The summed E-state index contributed by atoms with van der Waals surface area (Å²) in [7, 11) is -7.55. The molecule has 0 fully saturated rings. The van der Waals surface area contributed by atoms with E-state index in [4.69, 9.17) is 9.88 Å². The molecule has 3 aromatic rings. The molecule has 202 valence electrons. The summed E-state index contributed by atoms with van der Waals surface area (Å²) >= 11 is 1.15. The number of primary sulfonamides is 1. The third-order valence-corrected chi connectivity index (χ3v) is 9.64. The van der Waals surface area contributed by atoms with Gasteiger partial charge < -0.3 is 9.30 Å². The van der Waals surface area contributed by atoms with Gasteiger partial charge in [-0.05, 0) is 55.8 Å². The number of nitrogens with two attached hydrogens (primary N) is 1. The van der Waals surface area contributed by atoms with Crippen LogP contribution >= 0.6 is 11.3 Å². The summed E-state index contributed by atoms with van der Waals surface area (Å²) in [6.07, 6.45) is 1.65. The molecule has 0 aliphatic rings. The zero-order valence-corrected chi connectivity index (χ0v) is 23.5. The van der Waals surface area contributed by atoms with Gasteiger partial charge in [-0.25, -0.2) is 22.0 Å². The second-order valence-corrected chi connectivity index (χ2v) is 12.7. The van der Waals surface area contributed by atoms with Crippen molar-refractivity contribution >= 4 is 47.5 Å². The summed E-state index contributed by atoms with van der Waals surface area (Å²) in [5, 5.41) is 5.27. The fourth-order valence-corrected chi connectivity index (χ4v) is 6.88. The normalized spacial score (nSPS) is 13.1. The summed E-state index contributed by atoms with van der Waals surface area (Å²) in [6, 6.07) is 10.2. The second kappa shape index (κ2) is 12.4. The Morgan fingerprint density at radius 2 is 1.73 bits per heavy atom. The lowest BCUT2D eigenvalue weighted by Gasteiger charge is -2.20. The standard InChI is InChI=1S/C24H32N4O6S3/c1-4-7-14-27(5-2)37(32,33)19-10-8-18(9-11-19)23(29)26-24-28(15-16-34-6-3)21-13-12-20(36(25,30)31)17-22(21)35-24/h8-13,17H,4-7,14-16H2,1-3H3,(H2,25,30,31). The van der Waals surface area contributed by atoms with Gasteiger partial charge in [-0.15, -0.1) is 0 Å². The quantitative estimate of drug-likeness (QED) is 0.333. The molecule has 0 spiro atoms. The fraction of sp³-hybridized carbons (Fsp3) is 0.417. The number of benzene rings is 2. The van der Waals surface area contributed by atoms with Crippen LogP contribution in [0.5, 0.6) is 0 Å². The van der Waals surface area contributed by atoms with E-state index in [0.717, 1.165) is 24.2 Å². The number of sulfonamides is 2. The first-order chi connectivity index (χ1) is 17.5. The zero-order chi connectivity index (χ0) is 27.2. The van der Waals surface area contributed by atoms with Crippen molar-refractivity contribution in [2.24, 2.45) is 10.1 Å². The van der Waals surface area contributed by atoms with E-state index in [9.17, 15) is 21.6 Å². The first kappa shape index (κ1) is 29.1. The second-order valence-electron chi connectivity index (χ2n) is 8.20. The Morgan fingerprint density at radius 1 is 1.05 bits per heavy atom. The summed E-state index contributed by atoms with van der Waals surface area (Å²) in [5.74, 6) is -0.550. The molecular weight excluding hydrogens is 536 g/mol. The first-order valence-corrected chi connectivity index (χ1v) is 15.8. The molecule has 1 heterocycles. The van der Waals surface area contributed by atoms with Crippen molar-refractivity contribution in [1.29, 1.82) is 0 Å². The van der Waals surface area contributed by atoms with Crippen molar-refractivity contribution in [3.63, 3.8) is 0 Å². The monoisotopic (exact) mass is 568 g/mol. The number of hydrogen-bond acceptors (Lipinski definition) is 7. The SMILES string of the molecule is CCCCN(CC)S(=O)(=O)c1ccc(C(=O)N=c2sc3cc(S(N)(=O)=O)ccc3n2CCOCC)cc1. The van der Waals surface area contributed by atoms with Gasteiger partial charge in [0.05, 0.1) is 26.6 Å². The third kappa shape index (κ3) is 6.92. The molecule has 0 saturated heterocycles. The average molecular weight is 569 g/mol. The first-order valence-electron chi connectivity index (χ1n) is 12.0. The Hall–Kier alpha value is -2.42. The van der Waals surface area contributed by atoms with E-state index < -0.39 is 26.0 Å². The highest BCUT2D eigenvalue weighted by Gasteiger charge is 2.23. The van der Waals surface area contributed by atoms with Crippen molar-refractivity contribution in [3.8, 4) is 0 Å². The number of rotatable bonds is 12. The Bertz CT molecular complexity index is 1520. The Morgan fingerprint density at radius 3 is 2.32 bits per heavy atom. The molecule has 1 aromatic heterocycles. The number of carbonyl (C=O) groups is 1. The minimum atomic E-state index is -3.89. The molecule has 2 N–H and O–H groups in total. The predicted molar refractivity (Wildman–Crippen MR) is 143 cm³/mol. The molecular formula is C24H32N4O6S3. The van der Waals surface area contributed by atoms with Crippen molar-refractivity contribution in [1.82, 2.24) is 8.87 Å². The van der Waals surface area contributed by atoms with Crippen LogP contribution in [-0.4, -0.2) is 57.9 Å². The Kier molecular flexibility index (Phi) is 9.78. The van der Waals surface area contributed by atoms with E-state index in [0.29, 0.717) is 47.9 Å². The van der Waals surface area contributed by atoms with Gasteiger partial charge in [0.1, 0.15) is 0 Å². The molecule has 0 aliphatic heterocycles. The van der Waals surface area contributed by atoms with Gasteiger partial charge in [0, 0.05) is 31.8 Å². The molecule has 1 amide bonds. The molecule has 10 nitrogen and oxygen atoms in total. The van der Waals surface area contributed by atoms with Crippen LogP contribution in [0.4, 0.5) is 0 Å². The van der Waals surface area contributed by atoms with Crippen LogP contribution in [0, 0.1) is 0 Å². The highest BCUT2D eigenvalue weighted by Crippen LogP contribution is 2.22.